The highest BCUT2D eigenvalue weighted by Crippen LogP contribution is 2.17. The molecule has 2 fully saturated rings. The van der Waals surface area contributed by atoms with Crippen molar-refractivity contribution >= 4 is 35.6 Å². The van der Waals surface area contributed by atoms with E-state index in [2.05, 4.69) is 6.42 Å². The highest BCUT2D eigenvalue weighted by molar-refractivity contribution is 6.01. The van der Waals surface area contributed by atoms with Crippen LogP contribution in [0.5, 0.6) is 0 Å². The van der Waals surface area contributed by atoms with Gasteiger partial charge in [-0.15, -0.1) is 17.9 Å². The average Bonchev–Trinajstić information content (AvgIpc) is 3.23. The second kappa shape index (κ2) is 17.2. The summed E-state index contributed by atoms with van der Waals surface area (Å²) in [5, 5.41) is 17.5. The quantitative estimate of drug-likeness (QED) is 0.338. The molecule has 4 amide bonds. The van der Waals surface area contributed by atoms with Gasteiger partial charge in [-0.1, -0.05) is 49.0 Å². The lowest BCUT2D eigenvalue weighted by atomic mass is 9.99. The molecule has 2 atom stereocenters. The zero-order chi connectivity index (χ0) is 27.2. The van der Waals surface area contributed by atoms with Crippen LogP contribution in [0.2, 0.25) is 0 Å². The van der Waals surface area contributed by atoms with E-state index in [1.807, 2.05) is 27.7 Å². The normalized spacial score (nSPS) is 16.5. The number of carbonyl (C=O) groups excluding carboxylic acids is 5. The fourth-order valence-corrected chi connectivity index (χ4v) is 1.95. The first-order valence-corrected chi connectivity index (χ1v) is 10.3. The maximum absolute atomic E-state index is 11.5. The SMILES string of the molecule is C.CC(C)[C@H](C)C(=O)O.CC(C)[C@H](C)C(=O)ON1C(=O)CCC1=O.O=C1CCC(=O)N1O.[2H]C#C. The molecule has 2 aliphatic rings. The van der Waals surface area contributed by atoms with Gasteiger partial charge < -0.3 is 9.94 Å². The number of carboxylic acids is 1. The van der Waals surface area contributed by atoms with Gasteiger partial charge in [0.2, 0.25) is 0 Å². The van der Waals surface area contributed by atoms with Crippen molar-refractivity contribution in [2.24, 2.45) is 23.7 Å². The van der Waals surface area contributed by atoms with Crippen molar-refractivity contribution in [1.82, 2.24) is 10.1 Å². The minimum absolute atomic E-state index is 0. The molecular weight excluding hydrogens is 448 g/mol. The predicted octanol–water partition coefficient (Wildman–Crippen LogP) is 2.66. The number of hydrogen-bond acceptors (Lipinski definition) is 8. The van der Waals surface area contributed by atoms with Gasteiger partial charge in [0.15, 0.2) is 0 Å². The Bertz CT molecular complexity index is 758. The van der Waals surface area contributed by atoms with Gasteiger partial charge in [0.05, 0.1) is 11.8 Å². The molecular formula is C23H38N2O9. The van der Waals surface area contributed by atoms with Gasteiger partial charge in [-0.3, -0.25) is 29.2 Å². The number of aliphatic carboxylic acids is 1. The summed E-state index contributed by atoms with van der Waals surface area (Å²) in [6, 6.07) is 0. The van der Waals surface area contributed by atoms with E-state index < -0.39 is 35.6 Å². The van der Waals surface area contributed by atoms with Gasteiger partial charge in [-0.25, -0.2) is 4.79 Å². The topological polar surface area (TPSA) is 159 Å². The summed E-state index contributed by atoms with van der Waals surface area (Å²) in [4.78, 5) is 69.1. The van der Waals surface area contributed by atoms with Crippen LogP contribution < -0.4 is 0 Å². The predicted molar refractivity (Wildman–Crippen MR) is 122 cm³/mol. The van der Waals surface area contributed by atoms with Crippen LogP contribution in [-0.4, -0.2) is 56.0 Å². The number of amides is 4. The number of carbonyl (C=O) groups is 6. The van der Waals surface area contributed by atoms with E-state index in [1.165, 1.54) is 6.40 Å². The molecule has 0 aromatic rings. The van der Waals surface area contributed by atoms with E-state index >= 15 is 0 Å². The summed E-state index contributed by atoms with van der Waals surface area (Å²) >= 11 is 0. The minimum Gasteiger partial charge on any atom is -0.481 e. The maximum atomic E-state index is 11.5. The van der Waals surface area contributed by atoms with Crippen LogP contribution in [-0.2, 0) is 33.6 Å². The third-order valence-corrected chi connectivity index (χ3v) is 4.97. The Kier molecular flexibility index (Phi) is 16.7. The molecule has 194 valence electrons. The highest BCUT2D eigenvalue weighted by Gasteiger charge is 2.34. The van der Waals surface area contributed by atoms with E-state index in [-0.39, 0.29) is 61.8 Å². The van der Waals surface area contributed by atoms with Crippen LogP contribution in [0.1, 0.15) is 76.0 Å². The molecule has 2 N–H and O–H groups in total. The van der Waals surface area contributed by atoms with Crippen LogP contribution in [0.4, 0.5) is 0 Å². The molecule has 2 aliphatic heterocycles. The Morgan fingerprint density at radius 1 is 0.853 bits per heavy atom. The number of carboxylic acid groups (broad SMARTS) is 1. The van der Waals surface area contributed by atoms with Crippen LogP contribution in [0.15, 0.2) is 0 Å². The van der Waals surface area contributed by atoms with Gasteiger partial charge in [-0.05, 0) is 11.8 Å². The van der Waals surface area contributed by atoms with Crippen molar-refractivity contribution < 1.29 is 45.3 Å². The fraction of sp³-hybridized carbons (Fsp3) is 0.652. The second-order valence-electron chi connectivity index (χ2n) is 8.00. The number of rotatable bonds is 5. The highest BCUT2D eigenvalue weighted by atomic mass is 16.7. The van der Waals surface area contributed by atoms with Gasteiger partial charge >= 0.3 is 11.9 Å². The Balaban J connectivity index is -0.000000438. The van der Waals surface area contributed by atoms with Crippen LogP contribution in [0.3, 0.4) is 0 Å². The van der Waals surface area contributed by atoms with Crippen LogP contribution >= 0.6 is 0 Å². The van der Waals surface area contributed by atoms with E-state index in [1.54, 1.807) is 13.8 Å². The maximum Gasteiger partial charge on any atom is 0.336 e. The molecule has 2 heterocycles. The molecule has 2 saturated heterocycles. The Morgan fingerprint density at radius 3 is 1.38 bits per heavy atom. The van der Waals surface area contributed by atoms with Crippen molar-refractivity contribution in [3.8, 4) is 12.8 Å². The molecule has 0 saturated carbocycles. The number of hydrogen-bond donors (Lipinski definition) is 2. The van der Waals surface area contributed by atoms with E-state index in [0.29, 0.717) is 5.06 Å². The molecule has 11 nitrogen and oxygen atoms in total. The first-order chi connectivity index (χ1) is 15.6. The lowest BCUT2D eigenvalue weighted by Gasteiger charge is -2.18. The Hall–Kier alpha value is -3.26. The zero-order valence-corrected chi connectivity index (χ0v) is 19.9. The summed E-state index contributed by atoms with van der Waals surface area (Å²) in [5.74, 6) is -3.31. The summed E-state index contributed by atoms with van der Waals surface area (Å²) in [5.41, 5.74) is 0. The molecule has 0 unspecified atom stereocenters. The molecule has 0 bridgehead atoms. The molecule has 34 heavy (non-hydrogen) atoms. The zero-order valence-electron chi connectivity index (χ0n) is 20.9. The smallest absolute Gasteiger partial charge is 0.336 e. The Morgan fingerprint density at radius 2 is 1.18 bits per heavy atom. The van der Waals surface area contributed by atoms with Crippen LogP contribution in [0.25, 0.3) is 0 Å². The molecule has 11 heteroatoms. The average molecular weight is 488 g/mol. The van der Waals surface area contributed by atoms with E-state index in [9.17, 15) is 28.8 Å². The summed E-state index contributed by atoms with van der Waals surface area (Å²) in [6.07, 6.45) is 6.31. The molecule has 0 aliphatic carbocycles. The Labute approximate surface area is 202 Å². The molecule has 0 spiro atoms. The molecule has 0 aromatic heterocycles. The standard InChI is InChI=1S/C10H15NO4.C6H12O2.C4H5NO3.C2H2.CH4/c1-6(2)7(3)10(14)15-11-8(12)4-5-9(11)13;1-4(2)5(3)6(7)8;6-3-1-2-4(7)5(3)8;1-2;/h6-7H,4-5H2,1-3H3;4-5H,1-3H3,(H,7,8);8H,1-2H2;1-2H;1H4/t7-;5-;;;/m00.../s1/i;;;1D;. The lowest BCUT2D eigenvalue weighted by molar-refractivity contribution is -0.201. The minimum atomic E-state index is -0.708. The third-order valence-electron chi connectivity index (χ3n) is 4.97. The lowest BCUT2D eigenvalue weighted by Crippen LogP contribution is -2.35. The summed E-state index contributed by atoms with van der Waals surface area (Å²) < 4.78 is 5.74. The van der Waals surface area contributed by atoms with E-state index in [4.69, 9.17) is 16.5 Å². The van der Waals surface area contributed by atoms with Crippen molar-refractivity contribution in [3.05, 3.63) is 0 Å². The summed E-state index contributed by atoms with van der Waals surface area (Å²) in [6.45, 7) is 11.0. The monoisotopic (exact) mass is 487 g/mol. The van der Waals surface area contributed by atoms with Gasteiger partial charge in [0.1, 0.15) is 1.37 Å². The number of terminal acetylenes is 1. The van der Waals surface area contributed by atoms with Crippen molar-refractivity contribution in [1.29, 1.82) is 0 Å². The van der Waals surface area contributed by atoms with Crippen molar-refractivity contribution in [3.63, 3.8) is 0 Å². The third kappa shape index (κ3) is 12.1. The fourth-order valence-electron chi connectivity index (χ4n) is 1.95. The van der Waals surface area contributed by atoms with E-state index in [0.717, 1.165) is 0 Å². The number of nitrogens with zero attached hydrogens (tertiary/aromatic N) is 2. The van der Waals surface area contributed by atoms with Gasteiger partial charge in [0.25, 0.3) is 23.6 Å². The molecule has 0 radical (unpaired) electrons. The largest absolute Gasteiger partial charge is 0.481 e. The van der Waals surface area contributed by atoms with Crippen molar-refractivity contribution in [2.45, 2.75) is 74.7 Å². The molecule has 0 aromatic carbocycles. The van der Waals surface area contributed by atoms with Crippen molar-refractivity contribution in [2.75, 3.05) is 0 Å². The molecule has 2 rings (SSSR count). The first-order valence-electron chi connectivity index (χ1n) is 10.8. The first kappa shape index (κ1) is 32.9. The number of imide groups is 2. The van der Waals surface area contributed by atoms with Crippen LogP contribution in [0, 0.1) is 36.5 Å². The van der Waals surface area contributed by atoms with Gasteiger partial charge in [0, 0.05) is 25.7 Å². The number of hydroxylamine groups is 4. The van der Waals surface area contributed by atoms with Gasteiger partial charge in [-0.2, -0.15) is 5.06 Å². The second-order valence-corrected chi connectivity index (χ2v) is 8.00. The summed E-state index contributed by atoms with van der Waals surface area (Å²) in [7, 11) is 0.